The number of amides is 4. The molecule has 1 aliphatic heterocycles. The highest BCUT2D eigenvalue weighted by atomic mass is 79.9. The Morgan fingerprint density at radius 1 is 1.17 bits per heavy atom. The maximum atomic E-state index is 12.9. The van der Waals surface area contributed by atoms with Gasteiger partial charge in [-0.3, -0.25) is 14.9 Å². The average Bonchev–Trinajstić information content (AvgIpc) is 2.64. The number of rotatable bonds is 5. The zero-order valence-electron chi connectivity index (χ0n) is 14.8. The number of carbonyl (C=O) groups is 4. The molecular formula is C19H11Br2ClN2O6. The van der Waals surface area contributed by atoms with Gasteiger partial charge in [0.05, 0.1) is 14.6 Å². The van der Waals surface area contributed by atoms with E-state index in [0.29, 0.717) is 19.5 Å². The summed E-state index contributed by atoms with van der Waals surface area (Å²) in [6, 6.07) is 8.28. The van der Waals surface area contributed by atoms with E-state index in [1.54, 1.807) is 12.1 Å². The summed E-state index contributed by atoms with van der Waals surface area (Å²) in [6.07, 6.45) is 1.30. The molecule has 30 heavy (non-hydrogen) atoms. The molecule has 1 saturated heterocycles. The number of carbonyl (C=O) groups excluding carboxylic acids is 3. The Labute approximate surface area is 191 Å². The molecule has 154 valence electrons. The molecule has 2 aromatic carbocycles. The molecule has 0 bridgehead atoms. The first-order valence-corrected chi connectivity index (χ1v) is 10.1. The van der Waals surface area contributed by atoms with Crippen LogP contribution in [0.4, 0.5) is 10.5 Å². The number of urea groups is 1. The van der Waals surface area contributed by atoms with Gasteiger partial charge < -0.3 is 9.84 Å². The SMILES string of the molecule is O=C(O)COc1c(Br)cc(/C=C2\C(=O)NC(=O)N(c3cccc(Cl)c3)C2=O)cc1Br. The Morgan fingerprint density at radius 2 is 1.83 bits per heavy atom. The zero-order chi connectivity index (χ0) is 22.0. The van der Waals surface area contributed by atoms with Crippen LogP contribution in [0.1, 0.15) is 5.56 Å². The van der Waals surface area contributed by atoms with Gasteiger partial charge in [0.2, 0.25) is 0 Å². The Hall–Kier alpha value is -2.69. The predicted octanol–water partition coefficient (Wildman–Crippen LogP) is 3.99. The van der Waals surface area contributed by atoms with E-state index in [1.807, 2.05) is 0 Å². The van der Waals surface area contributed by atoms with Crippen molar-refractivity contribution < 1.29 is 29.0 Å². The Morgan fingerprint density at radius 3 is 2.43 bits per heavy atom. The maximum absolute atomic E-state index is 12.9. The summed E-state index contributed by atoms with van der Waals surface area (Å²) < 4.78 is 5.99. The number of carboxylic acid groups (broad SMARTS) is 1. The topological polar surface area (TPSA) is 113 Å². The Kier molecular flexibility index (Phi) is 6.59. The second-order valence-electron chi connectivity index (χ2n) is 5.93. The van der Waals surface area contributed by atoms with E-state index in [-0.39, 0.29) is 17.0 Å². The van der Waals surface area contributed by atoms with Gasteiger partial charge in [-0.05, 0) is 73.8 Å². The van der Waals surface area contributed by atoms with Crippen LogP contribution < -0.4 is 15.0 Å². The molecule has 8 nitrogen and oxygen atoms in total. The molecule has 0 atom stereocenters. The van der Waals surface area contributed by atoms with Crippen LogP contribution in [0.25, 0.3) is 6.08 Å². The minimum absolute atomic E-state index is 0.211. The molecule has 0 aromatic heterocycles. The number of aliphatic carboxylic acids is 1. The molecule has 0 spiro atoms. The van der Waals surface area contributed by atoms with Crippen LogP contribution in [0.15, 0.2) is 50.9 Å². The molecule has 2 N–H and O–H groups in total. The fraction of sp³-hybridized carbons (Fsp3) is 0.0526. The van der Waals surface area contributed by atoms with Crippen LogP contribution in [0, 0.1) is 0 Å². The second kappa shape index (κ2) is 8.99. The van der Waals surface area contributed by atoms with Crippen LogP contribution in [0.3, 0.4) is 0 Å². The number of imide groups is 2. The third-order valence-corrected chi connectivity index (χ3v) is 5.25. The smallest absolute Gasteiger partial charge is 0.341 e. The highest BCUT2D eigenvalue weighted by Crippen LogP contribution is 2.35. The molecule has 1 fully saturated rings. The summed E-state index contributed by atoms with van der Waals surface area (Å²) in [7, 11) is 0. The highest BCUT2D eigenvalue weighted by molar-refractivity contribution is 9.11. The lowest BCUT2D eigenvalue weighted by Crippen LogP contribution is -2.54. The maximum Gasteiger partial charge on any atom is 0.341 e. The third kappa shape index (κ3) is 4.72. The minimum Gasteiger partial charge on any atom is -0.480 e. The number of benzene rings is 2. The van der Waals surface area contributed by atoms with E-state index >= 15 is 0 Å². The number of ether oxygens (including phenoxy) is 1. The van der Waals surface area contributed by atoms with E-state index in [4.69, 9.17) is 21.4 Å². The average molecular weight is 559 g/mol. The summed E-state index contributed by atoms with van der Waals surface area (Å²) in [5, 5.41) is 11.2. The van der Waals surface area contributed by atoms with Crippen molar-refractivity contribution in [3.8, 4) is 5.75 Å². The van der Waals surface area contributed by atoms with Crippen molar-refractivity contribution in [2.24, 2.45) is 0 Å². The lowest BCUT2D eigenvalue weighted by Gasteiger charge is -2.26. The van der Waals surface area contributed by atoms with Gasteiger partial charge in [0.15, 0.2) is 6.61 Å². The van der Waals surface area contributed by atoms with Gasteiger partial charge in [0.1, 0.15) is 11.3 Å². The van der Waals surface area contributed by atoms with Crippen molar-refractivity contribution in [1.29, 1.82) is 0 Å². The standard InChI is InChI=1S/C19H11Br2ClN2O6/c20-13-5-9(6-14(21)16(13)30-8-15(25)26)4-12-17(27)23-19(29)24(18(12)28)11-3-1-2-10(22)7-11/h1-7H,8H2,(H,25,26)(H,23,27,29)/b12-4+. The van der Waals surface area contributed by atoms with Gasteiger partial charge in [-0.25, -0.2) is 14.5 Å². The van der Waals surface area contributed by atoms with Gasteiger partial charge in [-0.1, -0.05) is 17.7 Å². The number of hydrogen-bond donors (Lipinski definition) is 2. The number of anilines is 1. The number of halogens is 3. The van der Waals surface area contributed by atoms with E-state index in [1.165, 1.54) is 30.3 Å². The molecule has 0 saturated carbocycles. The van der Waals surface area contributed by atoms with Gasteiger partial charge in [-0.2, -0.15) is 0 Å². The van der Waals surface area contributed by atoms with E-state index in [2.05, 4.69) is 37.2 Å². The molecule has 0 radical (unpaired) electrons. The number of nitrogens with one attached hydrogen (secondary N) is 1. The summed E-state index contributed by atoms with van der Waals surface area (Å²) in [4.78, 5) is 48.9. The van der Waals surface area contributed by atoms with Crippen LogP contribution in [0.5, 0.6) is 5.75 Å². The Bertz CT molecular complexity index is 1090. The van der Waals surface area contributed by atoms with Crippen LogP contribution >= 0.6 is 43.5 Å². The Balaban J connectivity index is 1.97. The monoisotopic (exact) mass is 556 g/mol. The predicted molar refractivity (Wildman–Crippen MR) is 115 cm³/mol. The van der Waals surface area contributed by atoms with Crippen molar-refractivity contribution >= 4 is 79.0 Å². The summed E-state index contributed by atoms with van der Waals surface area (Å²) in [5.74, 6) is -2.56. The van der Waals surface area contributed by atoms with Gasteiger partial charge in [-0.15, -0.1) is 0 Å². The first-order chi connectivity index (χ1) is 14.2. The third-order valence-electron chi connectivity index (χ3n) is 3.84. The molecule has 0 aliphatic carbocycles. The molecule has 0 unspecified atom stereocenters. The quantitative estimate of drug-likeness (QED) is 0.424. The van der Waals surface area contributed by atoms with E-state index in [0.717, 1.165) is 4.90 Å². The van der Waals surface area contributed by atoms with Crippen LogP contribution in [-0.2, 0) is 14.4 Å². The second-order valence-corrected chi connectivity index (χ2v) is 8.08. The largest absolute Gasteiger partial charge is 0.480 e. The van der Waals surface area contributed by atoms with Crippen molar-refractivity contribution in [3.63, 3.8) is 0 Å². The molecule has 2 aromatic rings. The fourth-order valence-electron chi connectivity index (χ4n) is 2.61. The fourth-order valence-corrected chi connectivity index (χ4v) is 4.24. The first-order valence-electron chi connectivity index (χ1n) is 8.18. The highest BCUT2D eigenvalue weighted by Gasteiger charge is 2.36. The molecule has 1 aliphatic rings. The van der Waals surface area contributed by atoms with Crippen LogP contribution in [-0.4, -0.2) is 35.5 Å². The molecular weight excluding hydrogens is 547 g/mol. The van der Waals surface area contributed by atoms with Gasteiger partial charge in [0.25, 0.3) is 11.8 Å². The lowest BCUT2D eigenvalue weighted by molar-refractivity contribution is -0.139. The number of carboxylic acids is 1. The van der Waals surface area contributed by atoms with Crippen molar-refractivity contribution in [1.82, 2.24) is 5.32 Å². The lowest BCUT2D eigenvalue weighted by atomic mass is 10.1. The molecule has 1 heterocycles. The summed E-state index contributed by atoms with van der Waals surface area (Å²) in [6.45, 7) is -0.546. The van der Waals surface area contributed by atoms with Gasteiger partial charge in [0, 0.05) is 5.02 Å². The molecule has 3 rings (SSSR count). The van der Waals surface area contributed by atoms with Crippen molar-refractivity contribution in [2.45, 2.75) is 0 Å². The normalized spacial score (nSPS) is 15.4. The number of barbiturate groups is 1. The number of hydrogen-bond acceptors (Lipinski definition) is 5. The zero-order valence-corrected chi connectivity index (χ0v) is 18.7. The number of nitrogens with zero attached hydrogens (tertiary/aromatic N) is 1. The van der Waals surface area contributed by atoms with Crippen LogP contribution in [0.2, 0.25) is 5.02 Å². The van der Waals surface area contributed by atoms with E-state index < -0.39 is 30.4 Å². The first kappa shape index (κ1) is 22.0. The summed E-state index contributed by atoms with van der Waals surface area (Å²) >= 11 is 12.5. The van der Waals surface area contributed by atoms with Gasteiger partial charge >= 0.3 is 12.0 Å². The van der Waals surface area contributed by atoms with E-state index in [9.17, 15) is 19.2 Å². The van der Waals surface area contributed by atoms with Crippen molar-refractivity contribution in [2.75, 3.05) is 11.5 Å². The summed E-state index contributed by atoms with van der Waals surface area (Å²) in [5.41, 5.74) is 0.367. The molecule has 4 amide bonds. The van der Waals surface area contributed by atoms with Crippen molar-refractivity contribution in [3.05, 3.63) is 61.5 Å². The molecule has 11 heteroatoms. The minimum atomic E-state index is -1.14.